The van der Waals surface area contributed by atoms with Gasteiger partial charge in [-0.15, -0.1) is 0 Å². The van der Waals surface area contributed by atoms with E-state index in [1.807, 2.05) is 0 Å². The number of aliphatic hydroxyl groups excluding tert-OH is 1. The highest BCUT2D eigenvalue weighted by atomic mass is 19.4. The molecule has 0 saturated heterocycles. The van der Waals surface area contributed by atoms with Gasteiger partial charge in [-0.1, -0.05) is 0 Å². The summed E-state index contributed by atoms with van der Waals surface area (Å²) in [5.74, 6) is -41.2. The first kappa shape index (κ1) is 21.1. The van der Waals surface area contributed by atoms with Crippen LogP contribution in [0.15, 0.2) is 0 Å². The van der Waals surface area contributed by atoms with Gasteiger partial charge < -0.3 is 5.11 Å². The van der Waals surface area contributed by atoms with E-state index in [1.54, 1.807) is 0 Å². The third kappa shape index (κ3) is 2.71. The fraction of sp³-hybridized carbons (Fsp3) is 1.00. The highest BCUT2D eigenvalue weighted by Crippen LogP contribution is 2.60. The van der Waals surface area contributed by atoms with Gasteiger partial charge in [0.1, 0.15) is 0 Å². The number of rotatable bonds is 7. The monoisotopic (exact) mass is 360 g/mol. The summed E-state index contributed by atoms with van der Waals surface area (Å²) in [6.45, 7) is -2.86. The maximum absolute atomic E-state index is 12.9. The fourth-order valence-corrected chi connectivity index (χ4v) is 1.20. The molecule has 134 valence electrons. The van der Waals surface area contributed by atoms with Crippen molar-refractivity contribution < 1.29 is 57.8 Å². The lowest BCUT2D eigenvalue weighted by Crippen LogP contribution is -2.70. The van der Waals surface area contributed by atoms with Crippen LogP contribution in [0.1, 0.15) is 13.3 Å². The lowest BCUT2D eigenvalue weighted by atomic mass is 9.91. The third-order valence-electron chi connectivity index (χ3n) is 2.62. The summed E-state index contributed by atoms with van der Waals surface area (Å²) in [5.41, 5.74) is 0. The Bertz CT molecular complexity index is 396. The SMILES string of the molecule is CC(F)(F)C(F)(F)C(F)(F)C(F)(F)C(F)(F)C(F)(F)CCO. The summed E-state index contributed by atoms with van der Waals surface area (Å²) in [4.78, 5) is 0. The molecule has 0 aromatic heterocycles. The Labute approximate surface area is 114 Å². The Balaban J connectivity index is 6.11. The molecule has 22 heavy (non-hydrogen) atoms. The summed E-state index contributed by atoms with van der Waals surface area (Å²) >= 11 is 0. The molecule has 0 fully saturated rings. The zero-order valence-corrected chi connectivity index (χ0v) is 10.4. The average molecular weight is 360 g/mol. The second-order valence-electron chi connectivity index (χ2n) is 4.36. The Morgan fingerprint density at radius 1 is 0.591 bits per heavy atom. The lowest BCUT2D eigenvalue weighted by Gasteiger charge is -2.40. The van der Waals surface area contributed by atoms with Gasteiger partial charge in [0.15, 0.2) is 0 Å². The molecule has 0 aliphatic rings. The summed E-state index contributed by atoms with van der Waals surface area (Å²) in [7, 11) is 0. The van der Waals surface area contributed by atoms with Gasteiger partial charge in [0.2, 0.25) is 0 Å². The highest BCUT2D eigenvalue weighted by molar-refractivity contribution is 5.10. The smallest absolute Gasteiger partial charge is 0.384 e. The van der Waals surface area contributed by atoms with Crippen molar-refractivity contribution in [2.24, 2.45) is 0 Å². The van der Waals surface area contributed by atoms with E-state index in [1.165, 1.54) is 0 Å². The first-order valence-electron chi connectivity index (χ1n) is 5.19. The van der Waals surface area contributed by atoms with Crippen molar-refractivity contribution in [2.75, 3.05) is 6.61 Å². The van der Waals surface area contributed by atoms with Crippen molar-refractivity contribution >= 4 is 0 Å². The van der Waals surface area contributed by atoms with Crippen molar-refractivity contribution in [1.82, 2.24) is 0 Å². The number of halogens is 12. The number of alkyl halides is 12. The first-order chi connectivity index (χ1) is 9.31. The highest BCUT2D eigenvalue weighted by Gasteiger charge is 2.89. The van der Waals surface area contributed by atoms with Crippen LogP contribution in [-0.2, 0) is 0 Å². The van der Waals surface area contributed by atoms with E-state index < -0.39 is 55.5 Å². The molecule has 0 aromatic rings. The van der Waals surface area contributed by atoms with Gasteiger partial charge in [-0.3, -0.25) is 0 Å². The van der Waals surface area contributed by atoms with E-state index in [0.717, 1.165) is 0 Å². The number of hydrogen-bond acceptors (Lipinski definition) is 1. The molecule has 0 atom stereocenters. The van der Waals surface area contributed by atoms with Crippen LogP contribution >= 0.6 is 0 Å². The molecule has 1 nitrogen and oxygen atoms in total. The molecule has 13 heteroatoms. The molecule has 0 aliphatic carbocycles. The minimum atomic E-state index is -7.54. The summed E-state index contributed by atoms with van der Waals surface area (Å²) in [6, 6.07) is 0. The van der Waals surface area contributed by atoms with E-state index in [0.29, 0.717) is 0 Å². The standard InChI is InChI=1S/C9H8F12O/c1-4(10,11)6(14,15)8(18,19)9(20,21)7(16,17)5(12,13)2-3-22/h22H,2-3H2,1H3. The normalized spacial score (nSPS) is 16.1. The van der Waals surface area contributed by atoms with Gasteiger partial charge in [-0.05, 0) is 0 Å². The molecule has 0 amide bonds. The maximum atomic E-state index is 12.9. The van der Waals surface area contributed by atoms with Crippen molar-refractivity contribution in [2.45, 2.75) is 48.9 Å². The average Bonchev–Trinajstić information content (AvgIpc) is 2.26. The topological polar surface area (TPSA) is 20.2 Å². The number of hydrogen-bond donors (Lipinski definition) is 1. The Morgan fingerprint density at radius 2 is 0.909 bits per heavy atom. The summed E-state index contributed by atoms with van der Waals surface area (Å²) in [6.07, 6.45) is -2.49. The van der Waals surface area contributed by atoms with Gasteiger partial charge in [0, 0.05) is 20.0 Å². The summed E-state index contributed by atoms with van der Waals surface area (Å²) in [5, 5.41) is 8.01. The van der Waals surface area contributed by atoms with Gasteiger partial charge in [-0.2, -0.15) is 52.7 Å². The van der Waals surface area contributed by atoms with Crippen LogP contribution in [0.4, 0.5) is 52.7 Å². The van der Waals surface area contributed by atoms with Gasteiger partial charge >= 0.3 is 35.5 Å². The molecule has 0 heterocycles. The van der Waals surface area contributed by atoms with Crippen LogP contribution in [0.2, 0.25) is 0 Å². The Morgan fingerprint density at radius 3 is 1.18 bits per heavy atom. The number of aliphatic hydroxyl groups is 1. The van der Waals surface area contributed by atoms with Crippen LogP contribution < -0.4 is 0 Å². The third-order valence-corrected chi connectivity index (χ3v) is 2.62. The maximum Gasteiger partial charge on any atom is 0.384 e. The predicted octanol–water partition coefficient (Wildman–Crippen LogP) is 4.20. The van der Waals surface area contributed by atoms with Crippen molar-refractivity contribution in [1.29, 1.82) is 0 Å². The van der Waals surface area contributed by atoms with Gasteiger partial charge in [0.05, 0.1) is 0 Å². The van der Waals surface area contributed by atoms with Gasteiger partial charge in [-0.25, -0.2) is 0 Å². The molecule has 0 radical (unpaired) electrons. The van der Waals surface area contributed by atoms with Crippen LogP contribution in [0, 0.1) is 0 Å². The van der Waals surface area contributed by atoms with E-state index in [9.17, 15) is 52.7 Å². The van der Waals surface area contributed by atoms with Crippen molar-refractivity contribution in [3.05, 3.63) is 0 Å². The molecule has 0 unspecified atom stereocenters. The van der Waals surface area contributed by atoms with Crippen LogP contribution in [0.25, 0.3) is 0 Å². The second-order valence-corrected chi connectivity index (χ2v) is 4.36. The second kappa shape index (κ2) is 5.34. The van der Waals surface area contributed by atoms with Crippen molar-refractivity contribution in [3.63, 3.8) is 0 Å². The van der Waals surface area contributed by atoms with Crippen LogP contribution in [0.3, 0.4) is 0 Å². The molecular weight excluding hydrogens is 352 g/mol. The zero-order valence-electron chi connectivity index (χ0n) is 10.4. The van der Waals surface area contributed by atoms with Gasteiger partial charge in [0.25, 0.3) is 0 Å². The largest absolute Gasteiger partial charge is 0.396 e. The molecule has 0 rings (SSSR count). The minimum absolute atomic E-state index is 0.971. The van der Waals surface area contributed by atoms with Crippen LogP contribution in [-0.4, -0.2) is 47.2 Å². The molecule has 0 aliphatic heterocycles. The molecule has 0 aromatic carbocycles. The fourth-order valence-electron chi connectivity index (χ4n) is 1.20. The Hall–Kier alpha value is -0.880. The summed E-state index contributed by atoms with van der Waals surface area (Å²) < 4.78 is 153. The molecule has 0 bridgehead atoms. The lowest BCUT2D eigenvalue weighted by molar-refractivity contribution is -0.423. The van der Waals surface area contributed by atoms with E-state index >= 15 is 0 Å². The molecule has 0 saturated carbocycles. The molecule has 1 N–H and O–H groups in total. The first-order valence-corrected chi connectivity index (χ1v) is 5.19. The Kier molecular flexibility index (Phi) is 5.12. The van der Waals surface area contributed by atoms with Crippen LogP contribution in [0.5, 0.6) is 0 Å². The molecular formula is C9H8F12O. The molecule has 0 spiro atoms. The van der Waals surface area contributed by atoms with E-state index in [2.05, 4.69) is 0 Å². The van der Waals surface area contributed by atoms with E-state index in [-0.39, 0.29) is 0 Å². The quantitative estimate of drug-likeness (QED) is 0.675. The zero-order chi connectivity index (χ0) is 18.4. The van der Waals surface area contributed by atoms with E-state index in [4.69, 9.17) is 5.11 Å². The van der Waals surface area contributed by atoms with Crippen molar-refractivity contribution in [3.8, 4) is 0 Å². The predicted molar refractivity (Wildman–Crippen MR) is 47.1 cm³/mol. The minimum Gasteiger partial charge on any atom is -0.396 e.